The van der Waals surface area contributed by atoms with Crippen LogP contribution in [0.25, 0.3) is 0 Å². The van der Waals surface area contributed by atoms with E-state index in [-0.39, 0.29) is 0 Å². The van der Waals surface area contributed by atoms with Crippen LogP contribution in [0.3, 0.4) is 0 Å². The molecule has 1 unspecified atom stereocenters. The van der Waals surface area contributed by atoms with E-state index in [2.05, 4.69) is 40.6 Å². The molecule has 2 heterocycles. The van der Waals surface area contributed by atoms with Crippen LogP contribution in [-0.4, -0.2) is 16.8 Å². The van der Waals surface area contributed by atoms with Crippen molar-refractivity contribution in [3.05, 3.63) is 47.3 Å². The predicted molar refractivity (Wildman–Crippen MR) is 69.5 cm³/mol. The number of fused-ring (bicyclic) bond motifs is 1. The highest BCUT2D eigenvalue weighted by molar-refractivity contribution is 5.40. The van der Waals surface area contributed by atoms with E-state index < -0.39 is 0 Å². The van der Waals surface area contributed by atoms with E-state index in [4.69, 9.17) is 4.74 Å². The van der Waals surface area contributed by atoms with Gasteiger partial charge < -0.3 is 10.1 Å². The molecule has 0 radical (unpaired) electrons. The number of hydrogen-bond donors (Lipinski definition) is 2. The second-order valence-electron chi connectivity index (χ2n) is 4.67. The van der Waals surface area contributed by atoms with E-state index in [0.717, 1.165) is 25.3 Å². The second-order valence-corrected chi connectivity index (χ2v) is 4.67. The van der Waals surface area contributed by atoms with E-state index >= 15 is 0 Å². The first-order chi connectivity index (χ1) is 8.83. The van der Waals surface area contributed by atoms with Crippen LogP contribution in [0.15, 0.2) is 30.6 Å². The van der Waals surface area contributed by atoms with Gasteiger partial charge in [-0.25, -0.2) is 0 Å². The van der Waals surface area contributed by atoms with Gasteiger partial charge in [0.25, 0.3) is 0 Å². The highest BCUT2D eigenvalue weighted by Gasteiger charge is 2.14. The van der Waals surface area contributed by atoms with Crippen molar-refractivity contribution in [2.24, 2.45) is 0 Å². The van der Waals surface area contributed by atoms with Crippen LogP contribution in [-0.2, 0) is 13.0 Å². The minimum Gasteiger partial charge on any atom is -0.493 e. The Morgan fingerprint density at radius 3 is 3.28 bits per heavy atom. The highest BCUT2D eigenvalue weighted by atomic mass is 16.5. The number of nitrogens with one attached hydrogen (secondary N) is 2. The highest BCUT2D eigenvalue weighted by Crippen LogP contribution is 2.28. The summed E-state index contributed by atoms with van der Waals surface area (Å²) in [6.45, 7) is 3.82. The number of benzene rings is 1. The molecule has 4 nitrogen and oxygen atoms in total. The number of H-pyrrole nitrogens is 1. The number of ether oxygens (including phenoxy) is 1. The summed E-state index contributed by atoms with van der Waals surface area (Å²) in [5, 5.41) is 10.3. The third-order valence-electron chi connectivity index (χ3n) is 3.38. The number of hydrogen-bond acceptors (Lipinski definition) is 3. The van der Waals surface area contributed by atoms with Crippen molar-refractivity contribution in [2.75, 3.05) is 6.61 Å². The Hall–Kier alpha value is -1.81. The maximum Gasteiger partial charge on any atom is 0.122 e. The Morgan fingerprint density at radius 1 is 1.50 bits per heavy atom. The van der Waals surface area contributed by atoms with Gasteiger partial charge in [0.05, 0.1) is 12.8 Å². The van der Waals surface area contributed by atoms with Crippen molar-refractivity contribution in [1.82, 2.24) is 15.5 Å². The molecule has 3 rings (SSSR count). The maximum absolute atomic E-state index is 5.52. The number of aromatic amines is 1. The Kier molecular flexibility index (Phi) is 3.02. The van der Waals surface area contributed by atoms with Crippen LogP contribution in [0.1, 0.15) is 29.7 Å². The van der Waals surface area contributed by atoms with Crippen LogP contribution in [0, 0.1) is 0 Å². The Balaban J connectivity index is 1.67. The molecule has 1 aliphatic heterocycles. The van der Waals surface area contributed by atoms with Crippen molar-refractivity contribution in [3.63, 3.8) is 0 Å². The average molecular weight is 243 g/mol. The lowest BCUT2D eigenvalue weighted by Gasteiger charge is -2.14. The van der Waals surface area contributed by atoms with Crippen molar-refractivity contribution < 1.29 is 4.74 Å². The van der Waals surface area contributed by atoms with Crippen LogP contribution in [0.5, 0.6) is 5.75 Å². The molecule has 0 bridgehead atoms. The zero-order chi connectivity index (χ0) is 12.4. The molecule has 0 amide bonds. The standard InChI is InChI=1S/C14H17N3O/c1-10(15-7-11-8-16-17-9-11)12-2-3-14-13(6-12)4-5-18-14/h2-3,6,8-10,15H,4-5,7H2,1H3,(H,16,17). The minimum atomic E-state index is 0.325. The molecule has 0 fully saturated rings. The van der Waals surface area contributed by atoms with Gasteiger partial charge >= 0.3 is 0 Å². The third kappa shape index (κ3) is 2.24. The Bertz CT molecular complexity index is 522. The first-order valence-electron chi connectivity index (χ1n) is 6.29. The Labute approximate surface area is 106 Å². The van der Waals surface area contributed by atoms with E-state index in [9.17, 15) is 0 Å². The average Bonchev–Trinajstić information content (AvgIpc) is 3.05. The fourth-order valence-corrected chi connectivity index (χ4v) is 2.24. The van der Waals surface area contributed by atoms with Crippen molar-refractivity contribution in [2.45, 2.75) is 25.9 Å². The molecule has 2 aromatic rings. The van der Waals surface area contributed by atoms with Crippen LogP contribution in [0.4, 0.5) is 0 Å². The summed E-state index contributed by atoms with van der Waals surface area (Å²) in [5.41, 5.74) is 3.80. The van der Waals surface area contributed by atoms with Gasteiger partial charge in [-0.1, -0.05) is 12.1 Å². The van der Waals surface area contributed by atoms with E-state index in [0.29, 0.717) is 6.04 Å². The predicted octanol–water partition coefficient (Wildman–Crippen LogP) is 2.20. The zero-order valence-corrected chi connectivity index (χ0v) is 10.4. The molecule has 0 saturated heterocycles. The molecule has 1 aromatic heterocycles. The summed E-state index contributed by atoms with van der Waals surface area (Å²) in [6.07, 6.45) is 4.78. The van der Waals surface area contributed by atoms with Crippen LogP contribution in [0.2, 0.25) is 0 Å². The smallest absolute Gasteiger partial charge is 0.122 e. The molecule has 4 heteroatoms. The largest absolute Gasteiger partial charge is 0.493 e. The summed E-state index contributed by atoms with van der Waals surface area (Å²) >= 11 is 0. The summed E-state index contributed by atoms with van der Waals surface area (Å²) in [7, 11) is 0. The number of nitrogens with zero attached hydrogens (tertiary/aromatic N) is 1. The van der Waals surface area contributed by atoms with Crippen molar-refractivity contribution in [1.29, 1.82) is 0 Å². The first kappa shape index (κ1) is 11.3. The first-order valence-corrected chi connectivity index (χ1v) is 6.29. The molecule has 0 spiro atoms. The second kappa shape index (κ2) is 4.82. The monoisotopic (exact) mass is 243 g/mol. The molecule has 1 aliphatic rings. The van der Waals surface area contributed by atoms with Crippen LogP contribution >= 0.6 is 0 Å². The molecule has 18 heavy (non-hydrogen) atoms. The normalized spacial score (nSPS) is 15.2. The number of aromatic nitrogens is 2. The van der Waals surface area contributed by atoms with Gasteiger partial charge in [-0.2, -0.15) is 5.10 Å². The molecule has 94 valence electrons. The van der Waals surface area contributed by atoms with Gasteiger partial charge in [0.2, 0.25) is 0 Å². The SMILES string of the molecule is CC(NCc1cn[nH]c1)c1ccc2c(c1)CCO2. The quantitative estimate of drug-likeness (QED) is 0.865. The third-order valence-corrected chi connectivity index (χ3v) is 3.38. The Morgan fingerprint density at radius 2 is 2.44 bits per heavy atom. The molecule has 1 aromatic carbocycles. The van der Waals surface area contributed by atoms with Gasteiger partial charge in [-0.15, -0.1) is 0 Å². The summed E-state index contributed by atoms with van der Waals surface area (Å²) in [6, 6.07) is 6.78. The van der Waals surface area contributed by atoms with Gasteiger partial charge in [0.1, 0.15) is 5.75 Å². The van der Waals surface area contributed by atoms with E-state index in [1.54, 1.807) is 0 Å². The van der Waals surface area contributed by atoms with Crippen molar-refractivity contribution in [3.8, 4) is 5.75 Å². The summed E-state index contributed by atoms with van der Waals surface area (Å²) in [4.78, 5) is 0. The molecule has 1 atom stereocenters. The number of rotatable bonds is 4. The van der Waals surface area contributed by atoms with Gasteiger partial charge in [0.15, 0.2) is 0 Å². The lowest BCUT2D eigenvalue weighted by Crippen LogP contribution is -2.17. The topological polar surface area (TPSA) is 49.9 Å². The molecule has 2 N–H and O–H groups in total. The fraction of sp³-hybridized carbons (Fsp3) is 0.357. The molecule has 0 aliphatic carbocycles. The van der Waals surface area contributed by atoms with Crippen LogP contribution < -0.4 is 10.1 Å². The molecular weight excluding hydrogens is 226 g/mol. The fourth-order valence-electron chi connectivity index (χ4n) is 2.24. The maximum atomic E-state index is 5.52. The summed E-state index contributed by atoms with van der Waals surface area (Å²) < 4.78 is 5.52. The summed E-state index contributed by atoms with van der Waals surface area (Å²) in [5.74, 6) is 1.04. The zero-order valence-electron chi connectivity index (χ0n) is 10.4. The van der Waals surface area contributed by atoms with Gasteiger partial charge in [-0.3, -0.25) is 5.10 Å². The lowest BCUT2D eigenvalue weighted by atomic mass is 10.0. The van der Waals surface area contributed by atoms with Gasteiger partial charge in [0, 0.05) is 30.8 Å². The van der Waals surface area contributed by atoms with E-state index in [1.165, 1.54) is 16.7 Å². The van der Waals surface area contributed by atoms with Crippen molar-refractivity contribution >= 4 is 0 Å². The minimum absolute atomic E-state index is 0.325. The molecular formula is C14H17N3O. The molecule has 0 saturated carbocycles. The lowest BCUT2D eigenvalue weighted by molar-refractivity contribution is 0.356. The van der Waals surface area contributed by atoms with Gasteiger partial charge in [-0.05, 0) is 24.1 Å². The van der Waals surface area contributed by atoms with E-state index in [1.807, 2.05) is 12.4 Å².